The zero-order valence-corrected chi connectivity index (χ0v) is 19.0. The number of carbonyl (C=O) groups excluding carboxylic acids is 1. The van der Waals surface area contributed by atoms with Gasteiger partial charge in [0.05, 0.1) is 11.4 Å². The van der Waals surface area contributed by atoms with Crippen LogP contribution in [0.5, 0.6) is 0 Å². The molecule has 0 aliphatic carbocycles. The minimum atomic E-state index is -1.16. The topological polar surface area (TPSA) is 80.5 Å². The van der Waals surface area contributed by atoms with Crippen LogP contribution < -0.4 is 10.2 Å². The molecule has 2 aromatic rings. The molecule has 0 saturated carbocycles. The first-order valence-electron chi connectivity index (χ1n) is 11.3. The largest absolute Gasteiger partial charge is 0.368 e. The molecule has 7 nitrogen and oxygen atoms in total. The van der Waals surface area contributed by atoms with Crippen LogP contribution in [0, 0.1) is 13.8 Å². The minimum absolute atomic E-state index is 0.392. The van der Waals surface area contributed by atoms with Gasteiger partial charge in [-0.1, -0.05) is 43.7 Å². The summed E-state index contributed by atoms with van der Waals surface area (Å²) in [6.07, 6.45) is 1.09. The number of aliphatic hydroxyl groups excluding tert-OH is 1. The second kappa shape index (κ2) is 9.63. The van der Waals surface area contributed by atoms with Crippen molar-refractivity contribution in [3.8, 4) is 0 Å². The molecule has 7 heteroatoms. The summed E-state index contributed by atoms with van der Waals surface area (Å²) < 4.78 is 0. The third kappa shape index (κ3) is 4.74. The number of anilines is 1. The highest BCUT2D eigenvalue weighted by Gasteiger charge is 2.35. The SMILES string of the molecule is CCCCN(CCN1C2=NC(=O)NC(O)C2=Nc2cc(C)c(C)cc21)Cc1ccccc1. The Morgan fingerprint density at radius 1 is 1.09 bits per heavy atom. The normalized spacial score (nSPS) is 17.5. The van der Waals surface area contributed by atoms with Gasteiger partial charge in [0.25, 0.3) is 0 Å². The highest BCUT2D eigenvalue weighted by atomic mass is 16.3. The molecule has 0 fully saturated rings. The lowest BCUT2D eigenvalue weighted by Crippen LogP contribution is -2.55. The van der Waals surface area contributed by atoms with Crippen molar-refractivity contribution in [1.82, 2.24) is 10.2 Å². The van der Waals surface area contributed by atoms with E-state index in [-0.39, 0.29) is 0 Å². The maximum absolute atomic E-state index is 12.1. The predicted molar refractivity (Wildman–Crippen MR) is 129 cm³/mol. The number of urea groups is 1. The average Bonchev–Trinajstić information content (AvgIpc) is 2.77. The van der Waals surface area contributed by atoms with E-state index >= 15 is 0 Å². The zero-order chi connectivity index (χ0) is 22.7. The first-order chi connectivity index (χ1) is 15.5. The number of hydrogen-bond acceptors (Lipinski definition) is 5. The van der Waals surface area contributed by atoms with E-state index in [9.17, 15) is 9.90 Å². The van der Waals surface area contributed by atoms with Crippen molar-refractivity contribution in [3.63, 3.8) is 0 Å². The highest BCUT2D eigenvalue weighted by Crippen LogP contribution is 2.36. The van der Waals surface area contributed by atoms with Gasteiger partial charge in [0.2, 0.25) is 0 Å². The molecule has 0 bridgehead atoms. The minimum Gasteiger partial charge on any atom is -0.368 e. The lowest BCUT2D eigenvalue weighted by molar-refractivity contribution is 0.194. The van der Waals surface area contributed by atoms with Gasteiger partial charge in [-0.15, -0.1) is 0 Å². The monoisotopic (exact) mass is 433 g/mol. The summed E-state index contributed by atoms with van der Waals surface area (Å²) in [6.45, 7) is 9.62. The number of carbonyl (C=O) groups is 1. The summed E-state index contributed by atoms with van der Waals surface area (Å²) >= 11 is 0. The molecular weight excluding hydrogens is 402 g/mol. The van der Waals surface area contributed by atoms with Crippen LogP contribution in [0.15, 0.2) is 52.4 Å². The van der Waals surface area contributed by atoms with E-state index in [1.54, 1.807) is 0 Å². The number of aliphatic hydroxyl groups is 1. The number of benzene rings is 2. The second-order valence-corrected chi connectivity index (χ2v) is 8.48. The fraction of sp³-hybridized carbons (Fsp3) is 0.400. The van der Waals surface area contributed by atoms with Crippen LogP contribution in [0.25, 0.3) is 0 Å². The standard InChI is InChI=1S/C25H31N5O2/c1-4-5-11-29(16-19-9-7-6-8-10-19)12-13-30-21-15-18(3)17(2)14-20(21)26-22-23(30)27-25(32)28-24(22)31/h6-10,14-15,24,31H,4-5,11-13,16H2,1-3H3,(H,28,32). The Balaban J connectivity index is 1.63. The number of unbranched alkanes of at least 4 members (excludes halogenated alkanes) is 1. The Bertz CT molecular complexity index is 1050. The Morgan fingerprint density at radius 2 is 1.84 bits per heavy atom. The summed E-state index contributed by atoms with van der Waals surface area (Å²) in [6, 6.07) is 14.1. The molecule has 4 rings (SSSR count). The maximum atomic E-state index is 12.1. The second-order valence-electron chi connectivity index (χ2n) is 8.48. The lowest BCUT2D eigenvalue weighted by Gasteiger charge is -2.36. The molecule has 2 amide bonds. The Kier molecular flexibility index (Phi) is 6.67. The number of fused-ring (bicyclic) bond motifs is 2. The van der Waals surface area contributed by atoms with E-state index in [1.807, 2.05) is 17.0 Å². The molecule has 168 valence electrons. The number of nitrogens with zero attached hydrogens (tertiary/aromatic N) is 4. The lowest BCUT2D eigenvalue weighted by atomic mass is 10.0. The van der Waals surface area contributed by atoms with Gasteiger partial charge in [-0.25, -0.2) is 9.79 Å². The van der Waals surface area contributed by atoms with Crippen LogP contribution >= 0.6 is 0 Å². The molecule has 32 heavy (non-hydrogen) atoms. The van der Waals surface area contributed by atoms with E-state index in [1.165, 1.54) is 5.56 Å². The molecule has 0 aromatic heterocycles. The van der Waals surface area contributed by atoms with E-state index in [0.717, 1.165) is 55.0 Å². The van der Waals surface area contributed by atoms with Crippen LogP contribution in [0.1, 0.15) is 36.5 Å². The molecule has 0 saturated heterocycles. The zero-order valence-electron chi connectivity index (χ0n) is 19.0. The smallest absolute Gasteiger partial charge is 0.345 e. The van der Waals surface area contributed by atoms with Gasteiger partial charge in [0, 0.05) is 19.6 Å². The third-order valence-electron chi connectivity index (χ3n) is 6.05. The summed E-state index contributed by atoms with van der Waals surface area (Å²) in [7, 11) is 0. The molecule has 2 N–H and O–H groups in total. The number of hydrogen-bond donors (Lipinski definition) is 2. The fourth-order valence-corrected chi connectivity index (χ4v) is 4.10. The van der Waals surface area contributed by atoms with Crippen molar-refractivity contribution < 1.29 is 9.90 Å². The fourth-order valence-electron chi connectivity index (χ4n) is 4.10. The summed E-state index contributed by atoms with van der Waals surface area (Å²) in [5.74, 6) is 0.437. The van der Waals surface area contributed by atoms with Crippen molar-refractivity contribution in [2.75, 3.05) is 24.5 Å². The number of aliphatic imine (C=N–C) groups is 2. The van der Waals surface area contributed by atoms with Crippen LogP contribution in [0.3, 0.4) is 0 Å². The summed E-state index contributed by atoms with van der Waals surface area (Å²) in [5, 5.41) is 12.9. The highest BCUT2D eigenvalue weighted by molar-refractivity contribution is 6.51. The predicted octanol–water partition coefficient (Wildman–Crippen LogP) is 3.94. The van der Waals surface area contributed by atoms with Gasteiger partial charge < -0.3 is 15.3 Å². The molecule has 2 heterocycles. The van der Waals surface area contributed by atoms with Gasteiger partial charge in [0.15, 0.2) is 12.1 Å². The molecule has 2 aromatic carbocycles. The van der Waals surface area contributed by atoms with E-state index < -0.39 is 12.3 Å². The van der Waals surface area contributed by atoms with E-state index in [2.05, 4.69) is 71.3 Å². The third-order valence-corrected chi connectivity index (χ3v) is 6.05. The summed E-state index contributed by atoms with van der Waals surface area (Å²) in [4.78, 5) is 25.4. The molecule has 0 radical (unpaired) electrons. The van der Waals surface area contributed by atoms with Crippen molar-refractivity contribution in [2.24, 2.45) is 9.98 Å². The van der Waals surface area contributed by atoms with Gasteiger partial charge >= 0.3 is 6.03 Å². The molecule has 2 aliphatic rings. The molecule has 1 atom stereocenters. The summed E-state index contributed by atoms with van der Waals surface area (Å²) in [5.41, 5.74) is 5.68. The molecule has 2 aliphatic heterocycles. The van der Waals surface area contributed by atoms with Gasteiger partial charge in [-0.2, -0.15) is 4.99 Å². The van der Waals surface area contributed by atoms with Crippen LogP contribution in [0.4, 0.5) is 16.2 Å². The Morgan fingerprint density at radius 3 is 2.59 bits per heavy atom. The van der Waals surface area contributed by atoms with Crippen LogP contribution in [-0.4, -0.2) is 53.4 Å². The quantitative estimate of drug-likeness (QED) is 0.661. The average molecular weight is 434 g/mol. The van der Waals surface area contributed by atoms with Gasteiger partial charge in [-0.05, 0) is 55.6 Å². The maximum Gasteiger partial charge on any atom is 0.345 e. The number of rotatable bonds is 8. The first kappa shape index (κ1) is 22.2. The molecule has 1 unspecified atom stereocenters. The van der Waals surface area contributed by atoms with E-state index in [4.69, 9.17) is 0 Å². The molecule has 0 spiro atoms. The van der Waals surface area contributed by atoms with Crippen molar-refractivity contribution >= 4 is 29.0 Å². The number of nitrogens with one attached hydrogen (secondary N) is 1. The van der Waals surface area contributed by atoms with Crippen LogP contribution in [-0.2, 0) is 6.54 Å². The first-order valence-corrected chi connectivity index (χ1v) is 11.3. The van der Waals surface area contributed by atoms with Crippen LogP contribution in [0.2, 0.25) is 0 Å². The molecular formula is C25H31N5O2. The number of amides is 2. The Hall–Kier alpha value is -3.03. The van der Waals surface area contributed by atoms with Crippen molar-refractivity contribution in [1.29, 1.82) is 0 Å². The number of aryl methyl sites for hydroxylation is 2. The van der Waals surface area contributed by atoms with E-state index in [0.29, 0.717) is 18.1 Å². The van der Waals surface area contributed by atoms with Gasteiger partial charge in [-0.3, -0.25) is 4.90 Å². The van der Waals surface area contributed by atoms with Crippen molar-refractivity contribution in [2.45, 2.75) is 46.4 Å². The van der Waals surface area contributed by atoms with Crippen molar-refractivity contribution in [3.05, 3.63) is 59.2 Å². The van der Waals surface area contributed by atoms with Gasteiger partial charge in [0.1, 0.15) is 5.71 Å². The Labute approximate surface area is 189 Å². The number of amidine groups is 1.